The summed E-state index contributed by atoms with van der Waals surface area (Å²) in [5, 5.41) is 3.00. The average molecular weight is 256 g/mol. The summed E-state index contributed by atoms with van der Waals surface area (Å²) in [4.78, 5) is 8.54. The lowest BCUT2D eigenvalue weighted by Gasteiger charge is -2.16. The summed E-state index contributed by atoms with van der Waals surface area (Å²) < 4.78 is 0. The van der Waals surface area contributed by atoms with Gasteiger partial charge in [-0.2, -0.15) is 0 Å². The fourth-order valence-corrected chi connectivity index (χ4v) is 3.18. The number of anilines is 1. The zero-order valence-corrected chi connectivity index (χ0v) is 11.0. The average Bonchev–Trinajstić information content (AvgIpc) is 3.02. The zero-order valence-electron chi connectivity index (χ0n) is 11.0. The third kappa shape index (κ3) is 2.95. The van der Waals surface area contributed by atoms with E-state index < -0.39 is 0 Å². The molecule has 0 aromatic carbocycles. The van der Waals surface area contributed by atoms with E-state index in [1.54, 1.807) is 6.20 Å². The van der Waals surface area contributed by atoms with Crippen molar-refractivity contribution in [2.24, 2.45) is 28.5 Å². The Hall–Kier alpha value is -1.84. The van der Waals surface area contributed by atoms with Crippen LogP contribution in [0.25, 0.3) is 0 Å². The molecule has 0 radical (unpaired) electrons. The Morgan fingerprint density at radius 1 is 1.37 bits per heavy atom. The quantitative estimate of drug-likeness (QED) is 0.494. The van der Waals surface area contributed by atoms with Crippen LogP contribution in [0, 0.1) is 17.8 Å². The van der Waals surface area contributed by atoms with E-state index in [2.05, 4.69) is 27.4 Å². The highest BCUT2D eigenvalue weighted by atomic mass is 15.1. The van der Waals surface area contributed by atoms with Crippen LogP contribution in [0.5, 0.6) is 0 Å². The van der Waals surface area contributed by atoms with Crippen molar-refractivity contribution in [2.45, 2.75) is 19.3 Å². The number of fused-ring (bicyclic) bond motifs is 2. The number of hydrogen-bond donors (Lipinski definition) is 2. The molecule has 3 N–H and O–H groups in total. The predicted molar refractivity (Wildman–Crippen MR) is 77.8 cm³/mol. The molecule has 2 aliphatic rings. The van der Waals surface area contributed by atoms with Crippen LogP contribution in [-0.4, -0.2) is 17.5 Å². The number of nitrogens with one attached hydrogen (secondary N) is 1. The summed E-state index contributed by atoms with van der Waals surface area (Å²) in [5.74, 6) is 3.64. The van der Waals surface area contributed by atoms with Gasteiger partial charge in [0.05, 0.1) is 0 Å². The Kier molecular flexibility index (Phi) is 3.49. The number of guanidine groups is 1. The predicted octanol–water partition coefficient (Wildman–Crippen LogP) is 2.41. The lowest BCUT2D eigenvalue weighted by molar-refractivity contribution is 0.422. The number of nitrogens with two attached hydrogens (primary N) is 1. The number of aromatic nitrogens is 1. The third-order valence-corrected chi connectivity index (χ3v) is 4.12. The number of pyridine rings is 1. The SMILES string of the molecule is NC(=NCCC1C[C@@H]2C=C[C@H]1C2)Nc1ccccn1. The Morgan fingerprint density at radius 2 is 2.32 bits per heavy atom. The van der Waals surface area contributed by atoms with E-state index in [0.29, 0.717) is 5.96 Å². The van der Waals surface area contributed by atoms with Gasteiger partial charge >= 0.3 is 0 Å². The van der Waals surface area contributed by atoms with Gasteiger partial charge in [0.15, 0.2) is 5.96 Å². The first kappa shape index (κ1) is 12.2. The van der Waals surface area contributed by atoms with Crippen LogP contribution in [-0.2, 0) is 0 Å². The largest absolute Gasteiger partial charge is 0.370 e. The molecule has 1 fully saturated rings. The van der Waals surface area contributed by atoms with Gasteiger partial charge in [-0.3, -0.25) is 4.99 Å². The molecule has 1 unspecified atom stereocenters. The van der Waals surface area contributed by atoms with Gasteiger partial charge in [0.25, 0.3) is 0 Å². The molecular weight excluding hydrogens is 236 g/mol. The highest BCUT2D eigenvalue weighted by molar-refractivity contribution is 5.91. The van der Waals surface area contributed by atoms with Gasteiger partial charge < -0.3 is 11.1 Å². The van der Waals surface area contributed by atoms with Crippen molar-refractivity contribution in [2.75, 3.05) is 11.9 Å². The molecule has 0 aliphatic heterocycles. The summed E-state index contributed by atoms with van der Waals surface area (Å²) in [6, 6.07) is 5.68. The molecule has 100 valence electrons. The van der Waals surface area contributed by atoms with Gasteiger partial charge in [0, 0.05) is 12.7 Å². The Morgan fingerprint density at radius 3 is 3.00 bits per heavy atom. The fraction of sp³-hybridized carbons (Fsp3) is 0.467. The molecule has 1 saturated carbocycles. The number of nitrogens with zero attached hydrogens (tertiary/aromatic N) is 2. The maximum Gasteiger partial charge on any atom is 0.194 e. The molecule has 0 amide bonds. The topological polar surface area (TPSA) is 63.3 Å². The van der Waals surface area contributed by atoms with Crippen LogP contribution in [0.1, 0.15) is 19.3 Å². The van der Waals surface area contributed by atoms with Crippen molar-refractivity contribution in [1.82, 2.24) is 4.98 Å². The van der Waals surface area contributed by atoms with Gasteiger partial charge in [-0.05, 0) is 49.1 Å². The third-order valence-electron chi connectivity index (χ3n) is 4.12. The molecule has 19 heavy (non-hydrogen) atoms. The maximum absolute atomic E-state index is 5.85. The van der Waals surface area contributed by atoms with E-state index in [-0.39, 0.29) is 0 Å². The zero-order chi connectivity index (χ0) is 13.1. The van der Waals surface area contributed by atoms with Gasteiger partial charge in [-0.25, -0.2) is 4.98 Å². The first-order valence-electron chi connectivity index (χ1n) is 6.97. The normalized spacial score (nSPS) is 28.8. The van der Waals surface area contributed by atoms with Crippen molar-refractivity contribution < 1.29 is 0 Å². The molecule has 3 rings (SSSR count). The minimum absolute atomic E-state index is 0.456. The summed E-state index contributed by atoms with van der Waals surface area (Å²) >= 11 is 0. The highest BCUT2D eigenvalue weighted by Crippen LogP contribution is 2.44. The summed E-state index contributed by atoms with van der Waals surface area (Å²) in [6.07, 6.45) is 10.3. The lowest BCUT2D eigenvalue weighted by Crippen LogP contribution is -2.23. The smallest absolute Gasteiger partial charge is 0.194 e. The standard InChI is InChI=1S/C15H20N4/c16-15(19-14-3-1-2-7-17-14)18-8-6-13-10-11-4-5-12(13)9-11/h1-5,7,11-13H,6,8-10H2,(H3,16,17,18,19)/t11-,12+,13?/m1/s1. The Labute approximate surface area is 113 Å². The minimum atomic E-state index is 0.456. The fourth-order valence-electron chi connectivity index (χ4n) is 3.18. The van der Waals surface area contributed by atoms with Crippen LogP contribution in [0.3, 0.4) is 0 Å². The molecule has 2 bridgehead atoms. The molecule has 1 aromatic heterocycles. The van der Waals surface area contributed by atoms with Crippen molar-refractivity contribution in [3.63, 3.8) is 0 Å². The van der Waals surface area contributed by atoms with E-state index in [9.17, 15) is 0 Å². The number of allylic oxidation sites excluding steroid dienone is 2. The molecule has 4 heteroatoms. The van der Waals surface area contributed by atoms with Crippen LogP contribution in [0.2, 0.25) is 0 Å². The van der Waals surface area contributed by atoms with Gasteiger partial charge in [-0.15, -0.1) is 0 Å². The molecule has 0 saturated heterocycles. The molecular formula is C15H20N4. The molecule has 3 atom stereocenters. The number of rotatable bonds is 4. The number of aliphatic imine (C=N–C) groups is 1. The monoisotopic (exact) mass is 256 g/mol. The van der Waals surface area contributed by atoms with Crippen LogP contribution >= 0.6 is 0 Å². The second-order valence-corrected chi connectivity index (χ2v) is 5.44. The Bertz CT molecular complexity index is 480. The number of hydrogen-bond acceptors (Lipinski definition) is 2. The summed E-state index contributed by atoms with van der Waals surface area (Å²) in [6.45, 7) is 0.799. The summed E-state index contributed by atoms with van der Waals surface area (Å²) in [7, 11) is 0. The van der Waals surface area contributed by atoms with Crippen molar-refractivity contribution in [3.8, 4) is 0 Å². The molecule has 1 aromatic rings. The van der Waals surface area contributed by atoms with Crippen molar-refractivity contribution in [3.05, 3.63) is 36.5 Å². The maximum atomic E-state index is 5.85. The van der Waals surface area contributed by atoms with Crippen molar-refractivity contribution >= 4 is 11.8 Å². The highest BCUT2D eigenvalue weighted by Gasteiger charge is 2.34. The molecule has 4 nitrogen and oxygen atoms in total. The molecule has 1 heterocycles. The Balaban J connectivity index is 1.46. The van der Waals surface area contributed by atoms with E-state index >= 15 is 0 Å². The van der Waals surface area contributed by atoms with E-state index in [0.717, 1.165) is 36.5 Å². The first-order valence-corrected chi connectivity index (χ1v) is 6.97. The van der Waals surface area contributed by atoms with Crippen molar-refractivity contribution in [1.29, 1.82) is 0 Å². The van der Waals surface area contributed by atoms with E-state index in [1.165, 1.54) is 12.8 Å². The molecule has 2 aliphatic carbocycles. The van der Waals surface area contributed by atoms with Gasteiger partial charge in [-0.1, -0.05) is 18.2 Å². The van der Waals surface area contributed by atoms with Crippen LogP contribution in [0.4, 0.5) is 5.82 Å². The van der Waals surface area contributed by atoms with Crippen LogP contribution in [0.15, 0.2) is 41.5 Å². The minimum Gasteiger partial charge on any atom is -0.370 e. The van der Waals surface area contributed by atoms with Gasteiger partial charge in [0.2, 0.25) is 0 Å². The first-order chi connectivity index (χ1) is 9.31. The second kappa shape index (κ2) is 5.43. The lowest BCUT2D eigenvalue weighted by atomic mass is 9.91. The second-order valence-electron chi connectivity index (χ2n) is 5.44. The van der Waals surface area contributed by atoms with Crippen LogP contribution < -0.4 is 11.1 Å². The summed E-state index contributed by atoms with van der Waals surface area (Å²) in [5.41, 5.74) is 5.85. The molecule has 0 spiro atoms. The van der Waals surface area contributed by atoms with E-state index in [1.807, 2.05) is 18.2 Å². The van der Waals surface area contributed by atoms with E-state index in [4.69, 9.17) is 5.73 Å². The van der Waals surface area contributed by atoms with Gasteiger partial charge in [0.1, 0.15) is 5.82 Å².